The maximum absolute atomic E-state index is 13.2. The third-order valence-corrected chi connectivity index (χ3v) is 8.24. The van der Waals surface area contributed by atoms with Gasteiger partial charge in [0.05, 0.1) is 27.6 Å². The lowest BCUT2D eigenvalue weighted by molar-refractivity contribution is -0.140. The number of carbonyl (C=O) groups is 2. The summed E-state index contributed by atoms with van der Waals surface area (Å²) in [6, 6.07) is 15.2. The minimum absolute atomic E-state index is 0.00271. The van der Waals surface area contributed by atoms with Crippen molar-refractivity contribution in [3.8, 4) is 0 Å². The van der Waals surface area contributed by atoms with E-state index in [4.69, 9.17) is 4.74 Å². The molecule has 1 heterocycles. The number of sulfone groups is 1. The molecule has 0 atom stereocenters. The van der Waals surface area contributed by atoms with Crippen LogP contribution in [0.25, 0.3) is 21.8 Å². The van der Waals surface area contributed by atoms with Gasteiger partial charge in [-0.15, -0.1) is 0 Å². The fourth-order valence-electron chi connectivity index (χ4n) is 3.75. The number of hydrogen-bond donors (Lipinski definition) is 3. The lowest BCUT2D eigenvalue weighted by Crippen LogP contribution is -2.19. The molecule has 3 N–H and O–H groups in total. The van der Waals surface area contributed by atoms with E-state index >= 15 is 0 Å². The number of carbonyl (C=O) groups excluding carboxylic acids is 2. The second-order valence-corrected chi connectivity index (χ2v) is 11.6. The van der Waals surface area contributed by atoms with E-state index in [1.54, 1.807) is 31.2 Å². The number of fused-ring (bicyclic) bond motifs is 3. The lowest BCUT2D eigenvalue weighted by Gasteiger charge is -2.12. The maximum atomic E-state index is 13.2. The van der Waals surface area contributed by atoms with Crippen molar-refractivity contribution in [1.29, 1.82) is 0 Å². The number of benzene rings is 3. The summed E-state index contributed by atoms with van der Waals surface area (Å²) in [5, 5.41) is 3.71. The van der Waals surface area contributed by atoms with Crippen LogP contribution < -0.4 is 10.0 Å². The molecule has 0 unspecified atom stereocenters. The van der Waals surface area contributed by atoms with E-state index in [0.29, 0.717) is 27.5 Å². The van der Waals surface area contributed by atoms with Crippen LogP contribution in [0.3, 0.4) is 0 Å². The lowest BCUT2D eigenvalue weighted by atomic mass is 10.1. The number of hydrogen-bond acceptors (Lipinski definition) is 7. The Hall–Kier alpha value is -3.90. The first-order chi connectivity index (χ1) is 17.0. The Morgan fingerprint density at radius 3 is 2.28 bits per heavy atom. The number of sulfonamides is 1. The standard InChI is InChI=1S/C24H23N3O7S2/c1-3-34-23(29)14-35(30,31)18-12-20-19-6-4-5-7-21(19)26-24(20)22(13-18)27-36(32,33)17-10-8-16(9-11-17)25-15(2)28/h4-13,26-27H,3,14H2,1-2H3,(H,25,28). The summed E-state index contributed by atoms with van der Waals surface area (Å²) >= 11 is 0. The number of ether oxygens (including phenoxy) is 1. The molecule has 0 radical (unpaired) electrons. The summed E-state index contributed by atoms with van der Waals surface area (Å²) in [5.41, 5.74) is 1.47. The van der Waals surface area contributed by atoms with Crippen LogP contribution in [0.15, 0.2) is 70.5 Å². The highest BCUT2D eigenvalue weighted by Crippen LogP contribution is 2.34. The molecule has 4 rings (SSSR count). The van der Waals surface area contributed by atoms with E-state index in [9.17, 15) is 26.4 Å². The molecule has 0 aliphatic heterocycles. The Kier molecular flexibility index (Phi) is 6.74. The zero-order valence-corrected chi connectivity index (χ0v) is 21.0. The molecule has 0 aliphatic carbocycles. The first kappa shape index (κ1) is 25.2. The van der Waals surface area contributed by atoms with Gasteiger partial charge in [0.1, 0.15) is 0 Å². The van der Waals surface area contributed by atoms with E-state index < -0.39 is 31.6 Å². The Bertz CT molecular complexity index is 1690. The molecule has 1 aromatic heterocycles. The van der Waals surface area contributed by atoms with Gasteiger partial charge in [0.25, 0.3) is 10.0 Å². The normalized spacial score (nSPS) is 11.9. The molecule has 4 aromatic rings. The Balaban J connectivity index is 1.82. The van der Waals surface area contributed by atoms with Gasteiger partial charge in [0.2, 0.25) is 5.91 Å². The quantitative estimate of drug-likeness (QED) is 0.296. The fraction of sp³-hybridized carbons (Fsp3) is 0.167. The molecule has 0 spiro atoms. The summed E-state index contributed by atoms with van der Waals surface area (Å²) < 4.78 is 59.6. The van der Waals surface area contributed by atoms with Crippen molar-refractivity contribution in [2.75, 3.05) is 22.4 Å². The van der Waals surface area contributed by atoms with E-state index in [1.165, 1.54) is 43.3 Å². The Labute approximate surface area is 207 Å². The highest BCUT2D eigenvalue weighted by Gasteiger charge is 2.25. The smallest absolute Gasteiger partial charge is 0.321 e. The predicted molar refractivity (Wildman–Crippen MR) is 136 cm³/mol. The van der Waals surface area contributed by atoms with Gasteiger partial charge in [0, 0.05) is 28.9 Å². The summed E-state index contributed by atoms with van der Waals surface area (Å²) in [6.45, 7) is 2.93. The van der Waals surface area contributed by atoms with Crippen LogP contribution in [0.4, 0.5) is 11.4 Å². The van der Waals surface area contributed by atoms with Gasteiger partial charge < -0.3 is 15.0 Å². The maximum Gasteiger partial charge on any atom is 0.321 e. The molecule has 1 amide bonds. The van der Waals surface area contributed by atoms with E-state index in [2.05, 4.69) is 15.0 Å². The predicted octanol–water partition coefficient (Wildman–Crippen LogP) is 3.42. The van der Waals surface area contributed by atoms with Crippen LogP contribution in [-0.2, 0) is 34.2 Å². The number of para-hydroxylation sites is 1. The molecule has 188 valence electrons. The second kappa shape index (κ2) is 9.63. The zero-order valence-electron chi connectivity index (χ0n) is 19.4. The summed E-state index contributed by atoms with van der Waals surface area (Å²) in [4.78, 5) is 25.9. The van der Waals surface area contributed by atoms with Gasteiger partial charge in [-0.25, -0.2) is 16.8 Å². The van der Waals surface area contributed by atoms with Gasteiger partial charge in [-0.2, -0.15) is 0 Å². The summed E-state index contributed by atoms with van der Waals surface area (Å²) in [6.07, 6.45) is 0. The molecule has 0 saturated carbocycles. The minimum atomic E-state index is -4.15. The summed E-state index contributed by atoms with van der Waals surface area (Å²) in [5.74, 6) is -2.09. The molecule has 0 saturated heterocycles. The third-order valence-electron chi connectivity index (χ3n) is 5.29. The van der Waals surface area contributed by atoms with Crippen LogP contribution >= 0.6 is 0 Å². The minimum Gasteiger partial charge on any atom is -0.465 e. The van der Waals surface area contributed by atoms with Crippen LogP contribution in [0.1, 0.15) is 13.8 Å². The largest absolute Gasteiger partial charge is 0.465 e. The molecule has 12 heteroatoms. The third kappa shape index (κ3) is 5.19. The second-order valence-electron chi connectivity index (χ2n) is 7.94. The van der Waals surface area contributed by atoms with Crippen LogP contribution in [0.5, 0.6) is 0 Å². The number of aromatic amines is 1. The number of aromatic nitrogens is 1. The van der Waals surface area contributed by atoms with Gasteiger partial charge in [-0.1, -0.05) is 18.2 Å². The molecule has 36 heavy (non-hydrogen) atoms. The molecule has 3 aromatic carbocycles. The van der Waals surface area contributed by atoms with Crippen molar-refractivity contribution < 1.29 is 31.2 Å². The topological polar surface area (TPSA) is 151 Å². The molecule has 0 fully saturated rings. The number of anilines is 2. The number of amides is 1. The average molecular weight is 530 g/mol. The van der Waals surface area contributed by atoms with Gasteiger partial charge in [-0.3, -0.25) is 14.3 Å². The Morgan fingerprint density at radius 1 is 0.917 bits per heavy atom. The highest BCUT2D eigenvalue weighted by atomic mass is 32.2. The van der Waals surface area contributed by atoms with E-state index in [-0.39, 0.29) is 28.0 Å². The van der Waals surface area contributed by atoms with Crippen molar-refractivity contribution in [2.24, 2.45) is 0 Å². The number of H-pyrrole nitrogens is 1. The van der Waals surface area contributed by atoms with Crippen molar-refractivity contribution in [3.05, 3.63) is 60.7 Å². The van der Waals surface area contributed by atoms with Gasteiger partial charge in [0.15, 0.2) is 15.6 Å². The molecule has 10 nitrogen and oxygen atoms in total. The van der Waals surface area contributed by atoms with Crippen molar-refractivity contribution in [3.63, 3.8) is 0 Å². The molecular weight excluding hydrogens is 506 g/mol. The van der Waals surface area contributed by atoms with E-state index in [1.807, 2.05) is 0 Å². The fourth-order valence-corrected chi connectivity index (χ4v) is 5.97. The molecule has 0 aliphatic rings. The zero-order chi connectivity index (χ0) is 26.1. The van der Waals surface area contributed by atoms with Crippen LogP contribution in [0, 0.1) is 0 Å². The number of rotatable bonds is 8. The SMILES string of the molecule is CCOC(=O)CS(=O)(=O)c1cc(NS(=O)(=O)c2ccc(NC(C)=O)cc2)c2[nH]c3ccccc3c2c1. The highest BCUT2D eigenvalue weighted by molar-refractivity contribution is 7.93. The van der Waals surface area contributed by atoms with Crippen LogP contribution in [-0.4, -0.2) is 46.1 Å². The van der Waals surface area contributed by atoms with E-state index in [0.717, 1.165) is 0 Å². The monoisotopic (exact) mass is 529 g/mol. The summed E-state index contributed by atoms with van der Waals surface area (Å²) in [7, 11) is -8.29. The first-order valence-electron chi connectivity index (χ1n) is 10.8. The van der Waals surface area contributed by atoms with Gasteiger partial charge in [-0.05, 0) is 49.4 Å². The van der Waals surface area contributed by atoms with Crippen molar-refractivity contribution >= 4 is 64.9 Å². The average Bonchev–Trinajstić information content (AvgIpc) is 3.18. The first-order valence-corrected chi connectivity index (χ1v) is 14.0. The number of nitrogens with one attached hydrogen (secondary N) is 3. The van der Waals surface area contributed by atoms with Gasteiger partial charge >= 0.3 is 5.97 Å². The molecule has 0 bridgehead atoms. The Morgan fingerprint density at radius 2 is 1.61 bits per heavy atom. The van der Waals surface area contributed by atoms with Crippen molar-refractivity contribution in [1.82, 2.24) is 4.98 Å². The van der Waals surface area contributed by atoms with Crippen molar-refractivity contribution in [2.45, 2.75) is 23.6 Å². The van der Waals surface area contributed by atoms with Crippen LogP contribution in [0.2, 0.25) is 0 Å². The number of esters is 1. The molecular formula is C24H23N3O7S2.